The van der Waals surface area contributed by atoms with Crippen molar-refractivity contribution in [3.05, 3.63) is 77.2 Å². The number of rotatable bonds is 4. The summed E-state index contributed by atoms with van der Waals surface area (Å²) in [6, 6.07) is 15.6. The molecule has 3 rings (SSSR count). The first-order valence-electron chi connectivity index (χ1n) is 7.20. The van der Waals surface area contributed by atoms with Crippen molar-refractivity contribution in [3.63, 3.8) is 0 Å². The number of aromatic nitrogens is 2. The summed E-state index contributed by atoms with van der Waals surface area (Å²) >= 11 is 11.2. The fourth-order valence-electron chi connectivity index (χ4n) is 2.16. The lowest BCUT2D eigenvalue weighted by molar-refractivity contribution is 0.586. The average Bonchev–Trinajstić information content (AvgIpc) is 2.96. The van der Waals surface area contributed by atoms with E-state index in [1.54, 1.807) is 47.3 Å². The number of thiocarbonyl (C=S) groups is 1. The van der Waals surface area contributed by atoms with Gasteiger partial charge in [-0.15, -0.1) is 0 Å². The minimum Gasteiger partial charge on any atom is -0.332 e. The molecular weight excluding hydrogens is 347 g/mol. The van der Waals surface area contributed by atoms with E-state index in [4.69, 9.17) is 23.8 Å². The number of nitrogens with zero attached hydrogens (tertiary/aromatic N) is 2. The highest BCUT2D eigenvalue weighted by molar-refractivity contribution is 7.80. The molecule has 0 aliphatic heterocycles. The minimum absolute atomic E-state index is 0.249. The molecule has 0 fully saturated rings. The standard InChI is InChI=1S/C17H14ClFN4S/c18-13-5-3-6-14(10-13)20-17(24)21-16-8-9-23(22-16)11-12-4-1-2-7-15(12)19/h1-10H,11H2,(H2,20,21,22,24). The summed E-state index contributed by atoms with van der Waals surface area (Å²) in [5.74, 6) is 0.325. The van der Waals surface area contributed by atoms with Crippen LogP contribution in [0.4, 0.5) is 15.9 Å². The van der Waals surface area contributed by atoms with E-state index in [2.05, 4.69) is 15.7 Å². The van der Waals surface area contributed by atoms with Crippen LogP contribution in [0, 0.1) is 5.82 Å². The molecule has 0 saturated heterocycles. The number of benzene rings is 2. The highest BCUT2D eigenvalue weighted by Gasteiger charge is 2.05. The first kappa shape index (κ1) is 16.4. The lowest BCUT2D eigenvalue weighted by Gasteiger charge is -2.08. The summed E-state index contributed by atoms with van der Waals surface area (Å²) in [6.45, 7) is 0.350. The fraction of sp³-hybridized carbons (Fsp3) is 0.0588. The Hall–Kier alpha value is -2.44. The van der Waals surface area contributed by atoms with Gasteiger partial charge >= 0.3 is 0 Å². The molecule has 0 bridgehead atoms. The van der Waals surface area contributed by atoms with Crippen LogP contribution in [-0.4, -0.2) is 14.9 Å². The van der Waals surface area contributed by atoms with E-state index in [1.807, 2.05) is 12.1 Å². The summed E-state index contributed by atoms with van der Waals surface area (Å²) in [6.07, 6.45) is 1.76. The van der Waals surface area contributed by atoms with Gasteiger partial charge in [-0.05, 0) is 36.5 Å². The van der Waals surface area contributed by atoms with E-state index < -0.39 is 0 Å². The van der Waals surface area contributed by atoms with Gasteiger partial charge in [0.25, 0.3) is 0 Å². The zero-order chi connectivity index (χ0) is 16.9. The summed E-state index contributed by atoms with van der Waals surface area (Å²) in [4.78, 5) is 0. The molecule has 0 aliphatic carbocycles. The normalized spacial score (nSPS) is 10.4. The van der Waals surface area contributed by atoms with Gasteiger partial charge in [-0.25, -0.2) is 4.39 Å². The molecule has 1 aromatic heterocycles. The third-order valence-electron chi connectivity index (χ3n) is 3.25. The average molecular weight is 361 g/mol. The van der Waals surface area contributed by atoms with E-state index in [0.717, 1.165) is 5.69 Å². The summed E-state index contributed by atoms with van der Waals surface area (Å²) in [5.41, 5.74) is 1.36. The van der Waals surface area contributed by atoms with Crippen LogP contribution in [0.15, 0.2) is 60.8 Å². The van der Waals surface area contributed by atoms with Crippen molar-refractivity contribution in [3.8, 4) is 0 Å². The Labute approximate surface area is 149 Å². The fourth-order valence-corrected chi connectivity index (χ4v) is 2.58. The molecule has 4 nitrogen and oxygen atoms in total. The van der Waals surface area contributed by atoms with Crippen LogP contribution in [-0.2, 0) is 6.54 Å². The van der Waals surface area contributed by atoms with Gasteiger partial charge in [0.2, 0.25) is 0 Å². The van der Waals surface area contributed by atoms with Crippen LogP contribution in [0.25, 0.3) is 0 Å². The SMILES string of the molecule is Fc1ccccc1Cn1ccc(NC(=S)Nc2cccc(Cl)c2)n1. The molecule has 0 radical (unpaired) electrons. The highest BCUT2D eigenvalue weighted by Crippen LogP contribution is 2.15. The van der Waals surface area contributed by atoms with Crippen molar-refractivity contribution in [1.82, 2.24) is 9.78 Å². The summed E-state index contributed by atoms with van der Waals surface area (Å²) < 4.78 is 15.3. The second-order valence-corrected chi connectivity index (χ2v) is 5.92. The van der Waals surface area contributed by atoms with Gasteiger partial charge in [0, 0.05) is 28.5 Å². The Kier molecular flexibility index (Phi) is 5.08. The van der Waals surface area contributed by atoms with Crippen molar-refractivity contribution in [2.45, 2.75) is 6.54 Å². The molecular formula is C17H14ClFN4S. The van der Waals surface area contributed by atoms with Crippen molar-refractivity contribution in [2.24, 2.45) is 0 Å². The van der Waals surface area contributed by atoms with Gasteiger partial charge in [0.1, 0.15) is 5.82 Å². The van der Waals surface area contributed by atoms with Crippen molar-refractivity contribution < 1.29 is 4.39 Å². The smallest absolute Gasteiger partial charge is 0.176 e. The van der Waals surface area contributed by atoms with Gasteiger partial charge in [-0.2, -0.15) is 5.10 Å². The molecule has 7 heteroatoms. The molecule has 2 N–H and O–H groups in total. The van der Waals surface area contributed by atoms with Crippen molar-refractivity contribution in [1.29, 1.82) is 0 Å². The molecule has 0 unspecified atom stereocenters. The van der Waals surface area contributed by atoms with Gasteiger partial charge in [-0.1, -0.05) is 35.9 Å². The minimum atomic E-state index is -0.249. The topological polar surface area (TPSA) is 41.9 Å². The molecule has 0 saturated carbocycles. The third kappa shape index (κ3) is 4.31. The highest BCUT2D eigenvalue weighted by atomic mass is 35.5. The summed E-state index contributed by atoms with van der Waals surface area (Å²) in [5, 5.41) is 11.4. The van der Waals surface area contributed by atoms with Crippen LogP contribution >= 0.6 is 23.8 Å². The Bertz CT molecular complexity index is 865. The van der Waals surface area contributed by atoms with Crippen LogP contribution in [0.5, 0.6) is 0 Å². The second kappa shape index (κ2) is 7.42. The van der Waals surface area contributed by atoms with E-state index >= 15 is 0 Å². The number of anilines is 2. The van der Waals surface area contributed by atoms with Gasteiger partial charge in [0.15, 0.2) is 10.9 Å². The molecule has 122 valence electrons. The maximum atomic E-state index is 13.7. The lowest BCUT2D eigenvalue weighted by atomic mass is 10.2. The first-order chi connectivity index (χ1) is 11.6. The molecule has 3 aromatic rings. The zero-order valence-electron chi connectivity index (χ0n) is 12.5. The predicted octanol–water partition coefficient (Wildman–Crippen LogP) is 4.53. The largest absolute Gasteiger partial charge is 0.332 e. The zero-order valence-corrected chi connectivity index (χ0v) is 14.1. The lowest BCUT2D eigenvalue weighted by Crippen LogP contribution is -2.19. The van der Waals surface area contributed by atoms with E-state index in [-0.39, 0.29) is 5.82 Å². The monoisotopic (exact) mass is 360 g/mol. The number of halogens is 2. The summed E-state index contributed by atoms with van der Waals surface area (Å²) in [7, 11) is 0. The second-order valence-electron chi connectivity index (χ2n) is 5.08. The van der Waals surface area contributed by atoms with Crippen LogP contribution in [0.1, 0.15) is 5.56 Å². The number of nitrogens with one attached hydrogen (secondary N) is 2. The van der Waals surface area contributed by atoms with Crippen LogP contribution < -0.4 is 10.6 Å². The Morgan fingerprint density at radius 3 is 2.75 bits per heavy atom. The van der Waals surface area contributed by atoms with Crippen LogP contribution in [0.2, 0.25) is 5.02 Å². The van der Waals surface area contributed by atoms with E-state index in [0.29, 0.717) is 28.1 Å². The maximum absolute atomic E-state index is 13.7. The van der Waals surface area contributed by atoms with Gasteiger partial charge in [0.05, 0.1) is 6.54 Å². The Balaban J connectivity index is 1.61. The molecule has 0 atom stereocenters. The molecule has 2 aromatic carbocycles. The number of hydrogen-bond donors (Lipinski definition) is 2. The first-order valence-corrected chi connectivity index (χ1v) is 7.99. The molecule has 0 amide bonds. The third-order valence-corrected chi connectivity index (χ3v) is 3.69. The Morgan fingerprint density at radius 2 is 1.96 bits per heavy atom. The van der Waals surface area contributed by atoms with Crippen molar-refractivity contribution in [2.75, 3.05) is 10.6 Å². The molecule has 24 heavy (non-hydrogen) atoms. The van der Waals surface area contributed by atoms with Gasteiger partial charge < -0.3 is 10.6 Å². The quantitative estimate of drug-likeness (QED) is 0.671. The molecule has 0 spiro atoms. The molecule has 1 heterocycles. The maximum Gasteiger partial charge on any atom is 0.176 e. The van der Waals surface area contributed by atoms with Crippen molar-refractivity contribution >= 4 is 40.4 Å². The Morgan fingerprint density at radius 1 is 1.12 bits per heavy atom. The van der Waals surface area contributed by atoms with Crippen LogP contribution in [0.3, 0.4) is 0 Å². The van der Waals surface area contributed by atoms with E-state index in [9.17, 15) is 4.39 Å². The van der Waals surface area contributed by atoms with Gasteiger partial charge in [-0.3, -0.25) is 4.68 Å². The molecule has 0 aliphatic rings. The van der Waals surface area contributed by atoms with E-state index in [1.165, 1.54) is 6.07 Å². The number of hydrogen-bond acceptors (Lipinski definition) is 2. The predicted molar refractivity (Wildman–Crippen MR) is 99.0 cm³/mol.